The Labute approximate surface area is 112 Å². The van der Waals surface area contributed by atoms with Gasteiger partial charge < -0.3 is 9.64 Å². The molecule has 0 radical (unpaired) electrons. The average molecular weight is 302 g/mol. The quantitative estimate of drug-likeness (QED) is 0.692. The first kappa shape index (κ1) is 14.2. The van der Waals surface area contributed by atoms with Crippen LogP contribution in [0.2, 0.25) is 0 Å². The molecule has 0 N–H and O–H groups in total. The van der Waals surface area contributed by atoms with Gasteiger partial charge in [-0.2, -0.15) is 4.98 Å². The van der Waals surface area contributed by atoms with E-state index in [9.17, 15) is 0 Å². The average Bonchev–Trinajstić information content (AvgIpc) is 2.36. The second-order valence-electron chi connectivity index (χ2n) is 3.72. The molecule has 0 amide bonds. The molecular formula is C12H20BrN3O. The summed E-state index contributed by atoms with van der Waals surface area (Å²) in [5.74, 6) is 1.41. The molecule has 1 heterocycles. The molecule has 5 heteroatoms. The zero-order valence-corrected chi connectivity index (χ0v) is 12.1. The Hall–Kier alpha value is -0.840. The van der Waals surface area contributed by atoms with Crippen LogP contribution < -0.4 is 9.64 Å². The highest BCUT2D eigenvalue weighted by Gasteiger charge is 2.08. The van der Waals surface area contributed by atoms with Crippen molar-refractivity contribution in [3.63, 3.8) is 0 Å². The van der Waals surface area contributed by atoms with Crippen LogP contribution in [0.3, 0.4) is 0 Å². The van der Waals surface area contributed by atoms with Crippen LogP contribution in [0.15, 0.2) is 12.3 Å². The molecule has 0 aromatic carbocycles. The number of ether oxygens (including phenoxy) is 1. The van der Waals surface area contributed by atoms with Gasteiger partial charge in [0, 0.05) is 30.7 Å². The summed E-state index contributed by atoms with van der Waals surface area (Å²) in [6.45, 7) is 6.80. The molecule has 1 rings (SSSR count). The largest absolute Gasteiger partial charge is 0.478 e. The van der Waals surface area contributed by atoms with Crippen LogP contribution in [0.25, 0.3) is 0 Å². The third-order valence-electron chi connectivity index (χ3n) is 2.20. The number of hydrogen-bond donors (Lipinski definition) is 0. The van der Waals surface area contributed by atoms with Gasteiger partial charge in [0.1, 0.15) is 0 Å². The molecule has 0 saturated heterocycles. The second kappa shape index (κ2) is 8.28. The minimum Gasteiger partial charge on any atom is -0.478 e. The minimum atomic E-state index is 0.660. The zero-order valence-electron chi connectivity index (χ0n) is 10.5. The Morgan fingerprint density at radius 2 is 2.12 bits per heavy atom. The molecule has 0 fully saturated rings. The summed E-state index contributed by atoms with van der Waals surface area (Å²) in [6.07, 6.45) is 3.82. The number of alkyl halides is 1. The molecule has 0 aliphatic heterocycles. The van der Waals surface area contributed by atoms with Crippen LogP contribution in [0.5, 0.6) is 5.88 Å². The molecule has 96 valence electrons. The Kier molecular flexibility index (Phi) is 6.93. The van der Waals surface area contributed by atoms with Crippen LogP contribution in [-0.2, 0) is 0 Å². The highest BCUT2D eigenvalue weighted by molar-refractivity contribution is 9.09. The number of aromatic nitrogens is 2. The fourth-order valence-electron chi connectivity index (χ4n) is 1.46. The molecule has 1 aromatic rings. The van der Waals surface area contributed by atoms with Gasteiger partial charge in [0.2, 0.25) is 11.8 Å². The van der Waals surface area contributed by atoms with Crippen LogP contribution >= 0.6 is 15.9 Å². The summed E-state index contributed by atoms with van der Waals surface area (Å²) < 4.78 is 5.51. The topological polar surface area (TPSA) is 38.2 Å². The first-order valence-electron chi connectivity index (χ1n) is 6.08. The highest BCUT2D eigenvalue weighted by Crippen LogP contribution is 2.13. The molecule has 0 spiro atoms. The third-order valence-corrected chi connectivity index (χ3v) is 2.56. The van der Waals surface area contributed by atoms with Crippen LogP contribution in [0.4, 0.5) is 5.95 Å². The summed E-state index contributed by atoms with van der Waals surface area (Å²) >= 11 is 3.45. The Bertz CT molecular complexity index is 316. The first-order chi connectivity index (χ1) is 8.31. The maximum Gasteiger partial charge on any atom is 0.228 e. The fourth-order valence-corrected chi connectivity index (χ4v) is 1.88. The van der Waals surface area contributed by atoms with Crippen molar-refractivity contribution in [1.82, 2.24) is 9.97 Å². The summed E-state index contributed by atoms with van der Waals surface area (Å²) in [6, 6.07) is 1.80. The lowest BCUT2D eigenvalue weighted by atomic mass is 10.4. The molecule has 17 heavy (non-hydrogen) atoms. The zero-order chi connectivity index (χ0) is 12.5. The number of nitrogens with zero attached hydrogens (tertiary/aromatic N) is 3. The number of halogens is 1. The molecule has 1 aromatic heterocycles. The van der Waals surface area contributed by atoms with E-state index in [0.717, 1.165) is 37.2 Å². The van der Waals surface area contributed by atoms with Gasteiger partial charge in [-0.25, -0.2) is 4.98 Å². The van der Waals surface area contributed by atoms with E-state index in [1.54, 1.807) is 12.3 Å². The Morgan fingerprint density at radius 1 is 1.29 bits per heavy atom. The number of hydrogen-bond acceptors (Lipinski definition) is 4. The highest BCUT2D eigenvalue weighted by atomic mass is 79.9. The van der Waals surface area contributed by atoms with Gasteiger partial charge in [-0.05, 0) is 12.8 Å². The van der Waals surface area contributed by atoms with Crippen molar-refractivity contribution in [3.8, 4) is 5.88 Å². The molecule has 4 nitrogen and oxygen atoms in total. The van der Waals surface area contributed by atoms with Crippen molar-refractivity contribution in [2.75, 3.05) is 29.9 Å². The van der Waals surface area contributed by atoms with Crippen molar-refractivity contribution >= 4 is 21.9 Å². The lowest BCUT2D eigenvalue weighted by molar-refractivity contribution is 0.305. The molecule has 0 aliphatic carbocycles. The predicted octanol–water partition coefficient (Wildman–Crippen LogP) is 2.88. The molecule has 0 atom stereocenters. The van der Waals surface area contributed by atoms with E-state index < -0.39 is 0 Å². The fraction of sp³-hybridized carbons (Fsp3) is 0.667. The second-order valence-corrected chi connectivity index (χ2v) is 4.51. The molecule has 0 saturated carbocycles. The molecule has 0 unspecified atom stereocenters. The van der Waals surface area contributed by atoms with E-state index in [0.29, 0.717) is 12.5 Å². The van der Waals surface area contributed by atoms with Crippen molar-refractivity contribution in [2.24, 2.45) is 0 Å². The normalized spacial score (nSPS) is 10.3. The summed E-state index contributed by atoms with van der Waals surface area (Å²) in [5, 5.41) is 0.913. The molecule has 0 bridgehead atoms. The minimum absolute atomic E-state index is 0.660. The van der Waals surface area contributed by atoms with Crippen LogP contribution in [-0.4, -0.2) is 35.0 Å². The molecular weight excluding hydrogens is 282 g/mol. The van der Waals surface area contributed by atoms with E-state index in [-0.39, 0.29) is 0 Å². The first-order valence-corrected chi connectivity index (χ1v) is 7.20. The predicted molar refractivity (Wildman–Crippen MR) is 74.1 cm³/mol. The van der Waals surface area contributed by atoms with Crippen LogP contribution in [0, 0.1) is 0 Å². The van der Waals surface area contributed by atoms with Gasteiger partial charge >= 0.3 is 0 Å². The van der Waals surface area contributed by atoms with E-state index >= 15 is 0 Å². The smallest absolute Gasteiger partial charge is 0.228 e. The maximum absolute atomic E-state index is 5.51. The van der Waals surface area contributed by atoms with Crippen molar-refractivity contribution < 1.29 is 4.74 Å². The van der Waals surface area contributed by atoms with Gasteiger partial charge in [0.05, 0.1) is 6.61 Å². The van der Waals surface area contributed by atoms with Crippen molar-refractivity contribution in [1.29, 1.82) is 0 Å². The van der Waals surface area contributed by atoms with Gasteiger partial charge in [-0.15, -0.1) is 0 Å². The van der Waals surface area contributed by atoms with E-state index in [1.165, 1.54) is 0 Å². The lowest BCUT2D eigenvalue weighted by Crippen LogP contribution is -2.28. The van der Waals surface area contributed by atoms with Gasteiger partial charge in [-0.1, -0.05) is 29.8 Å². The van der Waals surface area contributed by atoms with Crippen LogP contribution in [0.1, 0.15) is 26.7 Å². The number of rotatable bonds is 8. The van der Waals surface area contributed by atoms with E-state index in [2.05, 4.69) is 44.6 Å². The monoisotopic (exact) mass is 301 g/mol. The van der Waals surface area contributed by atoms with Crippen molar-refractivity contribution in [3.05, 3.63) is 12.3 Å². The standard InChI is InChI=1S/C12H20BrN3O/c1-3-8-16(9-6-13)12-14-7-5-11(15-12)17-10-4-2/h5,7H,3-4,6,8-10H2,1-2H3. The Morgan fingerprint density at radius 3 is 2.76 bits per heavy atom. The number of anilines is 1. The molecule has 0 aliphatic rings. The third kappa shape index (κ3) is 4.89. The lowest BCUT2D eigenvalue weighted by Gasteiger charge is -2.21. The summed E-state index contributed by atoms with van der Waals surface area (Å²) in [7, 11) is 0. The summed E-state index contributed by atoms with van der Waals surface area (Å²) in [5.41, 5.74) is 0. The van der Waals surface area contributed by atoms with Crippen molar-refractivity contribution in [2.45, 2.75) is 26.7 Å². The SMILES string of the molecule is CCCOc1ccnc(N(CCC)CCBr)n1. The van der Waals surface area contributed by atoms with Gasteiger partial charge in [0.25, 0.3) is 0 Å². The van der Waals surface area contributed by atoms with E-state index in [4.69, 9.17) is 4.74 Å². The van der Waals surface area contributed by atoms with E-state index in [1.807, 2.05) is 0 Å². The summed E-state index contributed by atoms with van der Waals surface area (Å²) in [4.78, 5) is 10.9. The Balaban J connectivity index is 2.72. The van der Waals surface area contributed by atoms with Gasteiger partial charge in [-0.3, -0.25) is 0 Å². The van der Waals surface area contributed by atoms with Gasteiger partial charge in [0.15, 0.2) is 0 Å². The maximum atomic E-state index is 5.51.